The molecule has 0 heterocycles. The molecule has 0 unspecified atom stereocenters. The molecule has 11 heavy (non-hydrogen) atoms. The molecule has 0 atom stereocenters. The van der Waals surface area contributed by atoms with E-state index in [1.54, 1.807) is 17.8 Å². The Balaban J connectivity index is 0. The fourth-order valence-electron chi connectivity index (χ4n) is 0.472. The molecule has 0 aliphatic rings. The molecule has 0 saturated carbocycles. The quantitative estimate of drug-likeness (QED) is 0.576. The minimum atomic E-state index is 1.24. The fourth-order valence-corrected chi connectivity index (χ4v) is 0.977. The summed E-state index contributed by atoms with van der Waals surface area (Å²) in [6.07, 6.45) is 9.92. The van der Waals surface area contributed by atoms with E-state index >= 15 is 0 Å². The molecule has 0 amide bonds. The minimum absolute atomic E-state index is 1.24. The van der Waals surface area contributed by atoms with E-state index in [-0.39, 0.29) is 0 Å². The van der Waals surface area contributed by atoms with E-state index < -0.39 is 0 Å². The lowest BCUT2D eigenvalue weighted by molar-refractivity contribution is 1.50. The molecular formula is C10H18S. The number of thioether (sulfide) groups is 1. The van der Waals surface area contributed by atoms with E-state index in [0.29, 0.717) is 0 Å². The SMILES string of the molecule is C=C/C=C(\C=C/C)SC.CC. The van der Waals surface area contributed by atoms with Crippen LogP contribution in [-0.2, 0) is 0 Å². The Morgan fingerprint density at radius 1 is 1.36 bits per heavy atom. The molecule has 0 aromatic rings. The van der Waals surface area contributed by atoms with Crippen molar-refractivity contribution in [2.75, 3.05) is 6.26 Å². The Morgan fingerprint density at radius 2 is 1.91 bits per heavy atom. The molecular weight excluding hydrogens is 152 g/mol. The second kappa shape index (κ2) is 12.3. The van der Waals surface area contributed by atoms with Gasteiger partial charge in [-0.05, 0) is 19.3 Å². The van der Waals surface area contributed by atoms with Crippen LogP contribution in [0.5, 0.6) is 0 Å². The summed E-state index contributed by atoms with van der Waals surface area (Å²) >= 11 is 1.72. The first-order chi connectivity index (χ1) is 5.35. The molecule has 0 aromatic carbocycles. The van der Waals surface area contributed by atoms with Crippen molar-refractivity contribution >= 4 is 11.8 Å². The maximum absolute atomic E-state index is 3.61. The standard InChI is InChI=1S/C8H12S.C2H6/c1-4-6-8(9-3)7-5-2;1-2/h4-7H,1H2,2-3H3;1-2H3/b7-5-,8-6+;. The van der Waals surface area contributed by atoms with Gasteiger partial charge in [0.1, 0.15) is 0 Å². The van der Waals surface area contributed by atoms with Crippen molar-refractivity contribution in [3.05, 3.63) is 35.8 Å². The van der Waals surface area contributed by atoms with Gasteiger partial charge in [0.05, 0.1) is 0 Å². The van der Waals surface area contributed by atoms with Crippen LogP contribution in [-0.4, -0.2) is 6.26 Å². The van der Waals surface area contributed by atoms with Crippen LogP contribution >= 0.6 is 11.8 Å². The van der Waals surface area contributed by atoms with Crippen LogP contribution < -0.4 is 0 Å². The van der Waals surface area contributed by atoms with E-state index in [2.05, 4.69) is 18.9 Å². The molecule has 64 valence electrons. The molecule has 0 radical (unpaired) electrons. The number of rotatable bonds is 3. The Hall–Kier alpha value is -0.430. The molecule has 0 spiro atoms. The summed E-state index contributed by atoms with van der Waals surface area (Å²) in [7, 11) is 0. The van der Waals surface area contributed by atoms with Gasteiger partial charge in [-0.2, -0.15) is 0 Å². The molecule has 0 rings (SSSR count). The van der Waals surface area contributed by atoms with E-state index in [9.17, 15) is 0 Å². The van der Waals surface area contributed by atoms with Gasteiger partial charge >= 0.3 is 0 Å². The average Bonchev–Trinajstić information content (AvgIpc) is 2.08. The highest BCUT2D eigenvalue weighted by atomic mass is 32.2. The summed E-state index contributed by atoms with van der Waals surface area (Å²) in [5.74, 6) is 0. The summed E-state index contributed by atoms with van der Waals surface area (Å²) in [6.45, 7) is 9.61. The largest absolute Gasteiger partial charge is 0.130 e. The maximum atomic E-state index is 3.61. The van der Waals surface area contributed by atoms with Gasteiger partial charge in [0.2, 0.25) is 0 Å². The monoisotopic (exact) mass is 170 g/mol. The third-order valence-electron chi connectivity index (χ3n) is 0.849. The molecule has 0 aliphatic heterocycles. The van der Waals surface area contributed by atoms with E-state index in [1.165, 1.54) is 4.91 Å². The predicted octanol–water partition coefficient (Wildman–Crippen LogP) is 4.02. The molecule has 0 aromatic heterocycles. The van der Waals surface area contributed by atoms with Gasteiger partial charge in [0.15, 0.2) is 0 Å². The topological polar surface area (TPSA) is 0 Å². The van der Waals surface area contributed by atoms with Gasteiger partial charge in [-0.25, -0.2) is 0 Å². The first-order valence-electron chi connectivity index (χ1n) is 3.84. The Bertz CT molecular complexity index is 132. The van der Waals surface area contributed by atoms with Gasteiger partial charge in [-0.3, -0.25) is 0 Å². The number of hydrogen-bond donors (Lipinski definition) is 0. The van der Waals surface area contributed by atoms with Crippen molar-refractivity contribution in [3.8, 4) is 0 Å². The summed E-state index contributed by atoms with van der Waals surface area (Å²) in [4.78, 5) is 1.24. The summed E-state index contributed by atoms with van der Waals surface area (Å²) in [5.41, 5.74) is 0. The van der Waals surface area contributed by atoms with E-state index in [1.807, 2.05) is 32.9 Å². The molecule has 0 saturated heterocycles. The average molecular weight is 170 g/mol. The van der Waals surface area contributed by atoms with E-state index in [4.69, 9.17) is 0 Å². The Labute approximate surface area is 75.1 Å². The summed E-state index contributed by atoms with van der Waals surface area (Å²) < 4.78 is 0. The lowest BCUT2D eigenvalue weighted by Crippen LogP contribution is -1.64. The zero-order valence-corrected chi connectivity index (χ0v) is 8.74. The third-order valence-corrected chi connectivity index (χ3v) is 1.59. The second-order valence-corrected chi connectivity index (χ2v) is 2.39. The van der Waals surface area contributed by atoms with Gasteiger partial charge in [-0.15, -0.1) is 11.8 Å². The third kappa shape index (κ3) is 9.57. The molecule has 0 fully saturated rings. The lowest BCUT2D eigenvalue weighted by Gasteiger charge is -1.90. The van der Waals surface area contributed by atoms with Crippen LogP contribution in [0.2, 0.25) is 0 Å². The first kappa shape index (κ1) is 13.2. The van der Waals surface area contributed by atoms with Crippen LogP contribution in [0.15, 0.2) is 35.8 Å². The van der Waals surface area contributed by atoms with E-state index in [0.717, 1.165) is 0 Å². The first-order valence-corrected chi connectivity index (χ1v) is 5.07. The van der Waals surface area contributed by atoms with Crippen LogP contribution in [0.25, 0.3) is 0 Å². The maximum Gasteiger partial charge on any atom is 0.00656 e. The molecule has 0 aliphatic carbocycles. The van der Waals surface area contributed by atoms with Crippen LogP contribution in [0.4, 0.5) is 0 Å². The Morgan fingerprint density at radius 3 is 2.18 bits per heavy atom. The summed E-state index contributed by atoms with van der Waals surface area (Å²) in [5, 5.41) is 0. The highest BCUT2D eigenvalue weighted by Gasteiger charge is 1.81. The van der Waals surface area contributed by atoms with Crippen LogP contribution in [0, 0.1) is 0 Å². The molecule has 1 heteroatoms. The van der Waals surface area contributed by atoms with Crippen molar-refractivity contribution in [2.24, 2.45) is 0 Å². The fraction of sp³-hybridized carbons (Fsp3) is 0.400. The predicted molar refractivity (Wildman–Crippen MR) is 58.0 cm³/mol. The van der Waals surface area contributed by atoms with Crippen molar-refractivity contribution in [1.29, 1.82) is 0 Å². The van der Waals surface area contributed by atoms with Crippen molar-refractivity contribution < 1.29 is 0 Å². The second-order valence-electron chi connectivity index (χ2n) is 1.51. The lowest BCUT2D eigenvalue weighted by atomic mass is 10.4. The highest BCUT2D eigenvalue weighted by molar-refractivity contribution is 8.02. The molecule has 0 nitrogen and oxygen atoms in total. The van der Waals surface area contributed by atoms with Crippen LogP contribution in [0.3, 0.4) is 0 Å². The van der Waals surface area contributed by atoms with Gasteiger partial charge in [0.25, 0.3) is 0 Å². The van der Waals surface area contributed by atoms with Gasteiger partial charge in [0, 0.05) is 4.91 Å². The zero-order chi connectivity index (χ0) is 9.11. The minimum Gasteiger partial charge on any atom is -0.130 e. The molecule has 0 bridgehead atoms. The van der Waals surface area contributed by atoms with Crippen molar-refractivity contribution in [3.63, 3.8) is 0 Å². The highest BCUT2D eigenvalue weighted by Crippen LogP contribution is 2.11. The van der Waals surface area contributed by atoms with Gasteiger partial charge in [-0.1, -0.05) is 38.7 Å². The van der Waals surface area contributed by atoms with Crippen molar-refractivity contribution in [2.45, 2.75) is 20.8 Å². The smallest absolute Gasteiger partial charge is 0.00656 e. The normalized spacial score (nSPS) is 10.7. The van der Waals surface area contributed by atoms with Crippen molar-refractivity contribution in [1.82, 2.24) is 0 Å². The molecule has 0 N–H and O–H groups in total. The number of allylic oxidation sites excluding steroid dienone is 4. The zero-order valence-electron chi connectivity index (χ0n) is 7.92. The Kier molecular flexibility index (Phi) is 14.7. The van der Waals surface area contributed by atoms with Gasteiger partial charge < -0.3 is 0 Å². The van der Waals surface area contributed by atoms with Crippen LogP contribution in [0.1, 0.15) is 20.8 Å². The number of hydrogen-bond acceptors (Lipinski definition) is 1. The summed E-state index contributed by atoms with van der Waals surface area (Å²) in [6, 6.07) is 0.